The van der Waals surface area contributed by atoms with Gasteiger partial charge in [-0.2, -0.15) is 5.10 Å². The first kappa shape index (κ1) is 18.1. The monoisotopic (exact) mass is 408 g/mol. The highest BCUT2D eigenvalue weighted by molar-refractivity contribution is 7.07. The van der Waals surface area contributed by atoms with Gasteiger partial charge in [-0.05, 0) is 32.9 Å². The molecule has 0 aliphatic carbocycles. The van der Waals surface area contributed by atoms with Crippen molar-refractivity contribution in [3.05, 3.63) is 67.0 Å². The largest absolute Gasteiger partial charge is 0.465 e. The van der Waals surface area contributed by atoms with Gasteiger partial charge in [-0.15, -0.1) is 0 Å². The minimum absolute atomic E-state index is 0.0480. The number of hydrogen-bond acceptors (Lipinski definition) is 6. The van der Waals surface area contributed by atoms with Crippen molar-refractivity contribution in [2.45, 2.75) is 32.5 Å². The third-order valence-electron chi connectivity index (χ3n) is 5.88. The van der Waals surface area contributed by atoms with Crippen LogP contribution in [0.1, 0.15) is 36.7 Å². The van der Waals surface area contributed by atoms with Crippen molar-refractivity contribution in [2.75, 3.05) is 0 Å². The average molecular weight is 408 g/mol. The fourth-order valence-electron chi connectivity index (χ4n) is 4.35. The summed E-state index contributed by atoms with van der Waals surface area (Å²) in [6, 6.07) is 7.13. The first-order valence-corrected chi connectivity index (χ1v) is 10.2. The van der Waals surface area contributed by atoms with E-state index in [2.05, 4.69) is 5.10 Å². The fourth-order valence-corrected chi connectivity index (χ4v) is 5.44. The molecule has 2 aromatic heterocycles. The lowest BCUT2D eigenvalue weighted by atomic mass is 9.79. The summed E-state index contributed by atoms with van der Waals surface area (Å²) in [6.45, 7) is 5.32. The molecule has 2 aliphatic rings. The van der Waals surface area contributed by atoms with Crippen molar-refractivity contribution < 1.29 is 9.53 Å². The van der Waals surface area contributed by atoms with Crippen molar-refractivity contribution in [1.29, 1.82) is 0 Å². The van der Waals surface area contributed by atoms with Crippen LogP contribution in [-0.2, 0) is 11.8 Å². The van der Waals surface area contributed by atoms with Gasteiger partial charge in [0.05, 0.1) is 16.8 Å². The number of nitrogens with zero attached hydrogens (tertiary/aromatic N) is 4. The van der Waals surface area contributed by atoms with Crippen LogP contribution in [-0.4, -0.2) is 25.9 Å². The number of thiazole rings is 1. The number of benzene rings is 1. The van der Waals surface area contributed by atoms with Crippen LogP contribution >= 0.6 is 11.3 Å². The van der Waals surface area contributed by atoms with Crippen LogP contribution in [0, 0.1) is 12.8 Å². The van der Waals surface area contributed by atoms with Crippen LogP contribution in [0.4, 0.5) is 0 Å². The number of ketones is 1. The second kappa shape index (κ2) is 6.00. The van der Waals surface area contributed by atoms with Gasteiger partial charge in [-0.1, -0.05) is 29.5 Å². The number of ether oxygens (including phenoxy) is 1. The van der Waals surface area contributed by atoms with Crippen molar-refractivity contribution in [3.8, 4) is 5.75 Å². The number of rotatable bonds is 2. The summed E-state index contributed by atoms with van der Waals surface area (Å²) in [4.78, 5) is 31.4. The molecular weight excluding hydrogens is 388 g/mol. The molecule has 0 unspecified atom stereocenters. The minimum Gasteiger partial charge on any atom is -0.465 e. The van der Waals surface area contributed by atoms with Gasteiger partial charge >= 0.3 is 0 Å². The molecule has 0 radical (unpaired) electrons. The topological polar surface area (TPSA) is 78.5 Å². The van der Waals surface area contributed by atoms with Gasteiger partial charge in [-0.3, -0.25) is 18.8 Å². The number of carbonyl (C=O) groups excluding carboxylic acids is 1. The van der Waals surface area contributed by atoms with Gasteiger partial charge in [-0.25, -0.2) is 4.99 Å². The van der Waals surface area contributed by atoms with Gasteiger partial charge in [0.25, 0.3) is 5.56 Å². The average Bonchev–Trinajstić information content (AvgIpc) is 3.13. The molecule has 1 aromatic carbocycles. The predicted molar refractivity (Wildman–Crippen MR) is 109 cm³/mol. The first-order chi connectivity index (χ1) is 13.8. The van der Waals surface area contributed by atoms with Gasteiger partial charge < -0.3 is 4.74 Å². The molecule has 0 N–H and O–H groups in total. The van der Waals surface area contributed by atoms with E-state index in [0.29, 0.717) is 15.1 Å². The van der Waals surface area contributed by atoms with Gasteiger partial charge in [0, 0.05) is 23.9 Å². The fraction of sp³-hybridized carbons (Fsp3) is 0.333. The van der Waals surface area contributed by atoms with Gasteiger partial charge in [0.15, 0.2) is 4.80 Å². The molecule has 148 valence electrons. The van der Waals surface area contributed by atoms with Crippen LogP contribution < -0.4 is 19.6 Å². The Labute approximate surface area is 170 Å². The Bertz CT molecular complexity index is 1350. The summed E-state index contributed by atoms with van der Waals surface area (Å²) in [5.74, 6) is 0.0527. The standard InChI is InChI=1S/C21H20N4O3S/c1-11-13(10-22-24(11)4)9-16-19(27)25-18-14-7-5-6-8-15(14)28-21(3,17(18)12(2)26)23-20(25)29-16/h5-10,17-18H,1-4H3/b16-9+/t17-,18-,21+/m0/s1. The van der Waals surface area contributed by atoms with E-state index in [9.17, 15) is 9.59 Å². The molecule has 0 spiro atoms. The van der Waals surface area contributed by atoms with Gasteiger partial charge in [0.2, 0.25) is 5.72 Å². The van der Waals surface area contributed by atoms with E-state index in [1.165, 1.54) is 18.3 Å². The molecule has 0 fully saturated rings. The number of aromatic nitrogens is 3. The van der Waals surface area contributed by atoms with E-state index in [-0.39, 0.29) is 11.3 Å². The zero-order valence-electron chi connectivity index (χ0n) is 16.5. The maximum absolute atomic E-state index is 13.4. The highest BCUT2D eigenvalue weighted by Gasteiger charge is 2.53. The number of para-hydroxylation sites is 1. The van der Waals surface area contributed by atoms with Crippen LogP contribution in [0.2, 0.25) is 0 Å². The number of aryl methyl sites for hydroxylation is 1. The zero-order chi connectivity index (χ0) is 20.5. The third-order valence-corrected chi connectivity index (χ3v) is 6.86. The van der Waals surface area contributed by atoms with Crippen molar-refractivity contribution in [3.63, 3.8) is 0 Å². The lowest BCUT2D eigenvalue weighted by Crippen LogP contribution is -2.58. The second-order valence-electron chi connectivity index (χ2n) is 7.72. The summed E-state index contributed by atoms with van der Waals surface area (Å²) >= 11 is 1.32. The van der Waals surface area contributed by atoms with E-state index in [1.54, 1.807) is 15.4 Å². The molecular formula is C21H20N4O3S. The molecule has 4 heterocycles. The van der Waals surface area contributed by atoms with Gasteiger partial charge in [0.1, 0.15) is 17.5 Å². The Morgan fingerprint density at radius 3 is 2.79 bits per heavy atom. The van der Waals surface area contributed by atoms with E-state index in [1.807, 2.05) is 51.2 Å². The maximum Gasteiger partial charge on any atom is 0.270 e. The summed E-state index contributed by atoms with van der Waals surface area (Å²) in [7, 11) is 1.87. The predicted octanol–water partition coefficient (Wildman–Crippen LogP) is 1.32. The van der Waals surface area contributed by atoms with E-state index in [4.69, 9.17) is 9.73 Å². The molecule has 3 atom stereocenters. The number of carbonyl (C=O) groups is 1. The number of Topliss-reactive ketones (excluding diaryl/α,β-unsaturated/α-hetero) is 1. The van der Waals surface area contributed by atoms with Crippen molar-refractivity contribution in [2.24, 2.45) is 18.0 Å². The zero-order valence-corrected chi connectivity index (χ0v) is 17.4. The Kier molecular flexibility index (Phi) is 3.73. The Morgan fingerprint density at radius 1 is 1.34 bits per heavy atom. The molecule has 7 nitrogen and oxygen atoms in total. The van der Waals surface area contributed by atoms with E-state index < -0.39 is 17.7 Å². The molecule has 3 aromatic rings. The summed E-state index contributed by atoms with van der Waals surface area (Å²) < 4.78 is 10.2. The van der Waals surface area contributed by atoms with E-state index >= 15 is 0 Å². The highest BCUT2D eigenvalue weighted by Crippen LogP contribution is 2.47. The van der Waals surface area contributed by atoms with Crippen LogP contribution in [0.15, 0.2) is 40.2 Å². The normalized spacial score (nSPS) is 25.0. The number of hydrogen-bond donors (Lipinski definition) is 0. The molecule has 0 amide bonds. The Morgan fingerprint density at radius 2 is 2.10 bits per heavy atom. The SMILES string of the molecule is CC(=O)[C@H]1[C@@H]2c3ccccc3O[C@@]1(C)N=c1s/c(=C/c3cnn(C)c3C)c(=O)n12. The quantitative estimate of drug-likeness (QED) is 0.641. The first-order valence-electron chi connectivity index (χ1n) is 9.40. The lowest BCUT2D eigenvalue weighted by molar-refractivity contribution is -0.132. The summed E-state index contributed by atoms with van der Waals surface area (Å²) in [5.41, 5.74) is 1.51. The Hall–Kier alpha value is -3.00. The minimum atomic E-state index is -1.04. The molecule has 29 heavy (non-hydrogen) atoms. The lowest BCUT2D eigenvalue weighted by Gasteiger charge is -2.45. The van der Waals surface area contributed by atoms with Crippen LogP contribution in [0.25, 0.3) is 6.08 Å². The Balaban J connectivity index is 1.82. The molecule has 5 rings (SSSR count). The molecule has 0 saturated heterocycles. The second-order valence-corrected chi connectivity index (χ2v) is 8.73. The maximum atomic E-state index is 13.4. The smallest absolute Gasteiger partial charge is 0.270 e. The van der Waals surface area contributed by atoms with Crippen molar-refractivity contribution in [1.82, 2.24) is 14.3 Å². The van der Waals surface area contributed by atoms with Crippen LogP contribution in [0.3, 0.4) is 0 Å². The van der Waals surface area contributed by atoms with Crippen LogP contribution in [0.5, 0.6) is 5.75 Å². The summed E-state index contributed by atoms with van der Waals surface area (Å²) in [5, 5.41) is 4.25. The molecule has 2 aliphatic heterocycles. The number of fused-ring (bicyclic) bond motifs is 6. The third kappa shape index (κ3) is 2.48. The molecule has 0 saturated carbocycles. The summed E-state index contributed by atoms with van der Waals surface area (Å²) in [6.07, 6.45) is 3.59. The molecule has 8 heteroatoms. The molecule has 2 bridgehead atoms. The highest BCUT2D eigenvalue weighted by atomic mass is 32.1. The van der Waals surface area contributed by atoms with E-state index in [0.717, 1.165) is 16.8 Å². The van der Waals surface area contributed by atoms with Crippen molar-refractivity contribution >= 4 is 23.2 Å².